The Morgan fingerprint density at radius 1 is 1.47 bits per heavy atom. The van der Waals surface area contributed by atoms with E-state index in [9.17, 15) is 13.2 Å². The van der Waals surface area contributed by atoms with E-state index in [1.54, 1.807) is 35.9 Å². The Bertz CT molecular complexity index is 592. The lowest BCUT2D eigenvalue weighted by Crippen LogP contribution is -2.40. The van der Waals surface area contributed by atoms with Gasteiger partial charge in [-0.2, -0.15) is 18.4 Å². The molecule has 0 fully saturated rings. The molecule has 1 aromatic carbocycles. The molecule has 0 spiro atoms. The Morgan fingerprint density at radius 3 is 2.84 bits per heavy atom. The van der Waals surface area contributed by atoms with Crippen LogP contribution in [0.4, 0.5) is 4.79 Å². The van der Waals surface area contributed by atoms with E-state index < -0.39 is 16.3 Å². The molecule has 0 bridgehead atoms. The van der Waals surface area contributed by atoms with Gasteiger partial charge in [-0.05, 0) is 24.6 Å². The van der Waals surface area contributed by atoms with E-state index in [1.165, 1.54) is 0 Å². The molecular weight excluding hydrogens is 270 g/mol. The lowest BCUT2D eigenvalue weighted by Gasteiger charge is -2.08. The van der Waals surface area contributed by atoms with Gasteiger partial charge in [-0.3, -0.25) is 0 Å². The van der Waals surface area contributed by atoms with Gasteiger partial charge in [0.15, 0.2) is 0 Å². The summed E-state index contributed by atoms with van der Waals surface area (Å²) in [7, 11) is -3.98. The van der Waals surface area contributed by atoms with Crippen LogP contribution in [0.15, 0.2) is 24.3 Å². The van der Waals surface area contributed by atoms with E-state index in [0.717, 1.165) is 0 Å². The fourth-order valence-corrected chi connectivity index (χ4v) is 1.94. The quantitative estimate of drug-likeness (QED) is 0.824. The predicted octanol–water partition coefficient (Wildman–Crippen LogP) is 0.639. The molecule has 102 valence electrons. The normalized spacial score (nSPS) is 10.5. The molecule has 0 unspecified atom stereocenters. The molecule has 1 rings (SSSR count). The highest BCUT2D eigenvalue weighted by Crippen LogP contribution is 2.03. The van der Waals surface area contributed by atoms with Crippen molar-refractivity contribution >= 4 is 16.3 Å². The van der Waals surface area contributed by atoms with Crippen molar-refractivity contribution in [1.29, 1.82) is 5.26 Å². The molecule has 0 aromatic heterocycles. The fraction of sp³-hybridized carbons (Fsp3) is 0.273. The average Bonchev–Trinajstić information content (AvgIpc) is 2.36. The highest BCUT2D eigenvalue weighted by molar-refractivity contribution is 7.88. The number of hydrogen-bond donors (Lipinski definition) is 2. The molecule has 0 atom stereocenters. The van der Waals surface area contributed by atoms with Gasteiger partial charge in [-0.25, -0.2) is 9.52 Å². The van der Waals surface area contributed by atoms with Crippen molar-refractivity contribution in [3.8, 4) is 6.07 Å². The highest BCUT2D eigenvalue weighted by atomic mass is 32.2. The van der Waals surface area contributed by atoms with E-state index in [1.807, 2.05) is 6.07 Å². The summed E-state index contributed by atoms with van der Waals surface area (Å²) in [5.74, 6) is 0. The first-order valence-corrected chi connectivity index (χ1v) is 6.88. The van der Waals surface area contributed by atoms with Gasteiger partial charge in [0.2, 0.25) is 0 Å². The molecule has 7 nitrogen and oxygen atoms in total. The van der Waals surface area contributed by atoms with Crippen LogP contribution >= 0.6 is 0 Å². The third-order valence-electron chi connectivity index (χ3n) is 2.02. The van der Waals surface area contributed by atoms with E-state index in [0.29, 0.717) is 11.1 Å². The number of nitriles is 1. The lowest BCUT2D eigenvalue weighted by atomic mass is 10.1. The Kier molecular flexibility index (Phi) is 5.29. The number of rotatable bonds is 5. The van der Waals surface area contributed by atoms with E-state index in [-0.39, 0.29) is 13.2 Å². The van der Waals surface area contributed by atoms with Crippen LogP contribution in [0.2, 0.25) is 0 Å². The second-order valence-corrected chi connectivity index (χ2v) is 4.96. The first-order chi connectivity index (χ1) is 8.96. The Balaban J connectivity index is 2.60. The third-order valence-corrected chi connectivity index (χ3v) is 2.98. The summed E-state index contributed by atoms with van der Waals surface area (Å²) in [4.78, 5) is 11.0. The monoisotopic (exact) mass is 283 g/mol. The van der Waals surface area contributed by atoms with Gasteiger partial charge < -0.3 is 4.74 Å². The summed E-state index contributed by atoms with van der Waals surface area (Å²) in [6.45, 7) is 1.60. The largest absolute Gasteiger partial charge is 0.449 e. The number of carbonyl (C=O) groups is 1. The summed E-state index contributed by atoms with van der Waals surface area (Å²) >= 11 is 0. The molecule has 19 heavy (non-hydrogen) atoms. The van der Waals surface area contributed by atoms with Crippen molar-refractivity contribution in [3.05, 3.63) is 35.4 Å². The van der Waals surface area contributed by atoms with Crippen molar-refractivity contribution < 1.29 is 17.9 Å². The summed E-state index contributed by atoms with van der Waals surface area (Å²) in [5.41, 5.74) is 1.03. The average molecular weight is 283 g/mol. The van der Waals surface area contributed by atoms with Gasteiger partial charge in [0, 0.05) is 6.54 Å². The van der Waals surface area contributed by atoms with Crippen LogP contribution in [-0.4, -0.2) is 21.1 Å². The Hall–Kier alpha value is -2.11. The summed E-state index contributed by atoms with van der Waals surface area (Å²) < 4.78 is 31.2. The molecule has 0 heterocycles. The summed E-state index contributed by atoms with van der Waals surface area (Å²) in [5, 5.41) is 8.71. The number of carbonyl (C=O) groups excluding carboxylic acids is 1. The van der Waals surface area contributed by atoms with Gasteiger partial charge in [-0.15, -0.1) is 0 Å². The van der Waals surface area contributed by atoms with Gasteiger partial charge in [-0.1, -0.05) is 12.1 Å². The van der Waals surface area contributed by atoms with Crippen LogP contribution in [-0.2, 0) is 21.5 Å². The zero-order valence-corrected chi connectivity index (χ0v) is 11.0. The number of ether oxygens (including phenoxy) is 1. The molecule has 0 aliphatic rings. The number of nitrogens with zero attached hydrogens (tertiary/aromatic N) is 1. The van der Waals surface area contributed by atoms with Crippen molar-refractivity contribution in [2.24, 2.45) is 0 Å². The second-order valence-electron chi connectivity index (χ2n) is 3.46. The number of hydrogen-bond acceptors (Lipinski definition) is 5. The third kappa shape index (κ3) is 5.37. The van der Waals surface area contributed by atoms with Crippen LogP contribution in [0, 0.1) is 11.3 Å². The molecule has 2 N–H and O–H groups in total. The zero-order valence-electron chi connectivity index (χ0n) is 10.2. The zero-order chi connectivity index (χ0) is 14.3. The van der Waals surface area contributed by atoms with Gasteiger partial charge in [0.25, 0.3) is 0 Å². The van der Waals surface area contributed by atoms with E-state index in [4.69, 9.17) is 5.26 Å². The smallest absolute Gasteiger partial charge is 0.421 e. The van der Waals surface area contributed by atoms with Crippen molar-refractivity contribution in [2.45, 2.75) is 13.5 Å². The lowest BCUT2D eigenvalue weighted by molar-refractivity contribution is 0.158. The number of nitrogens with one attached hydrogen (secondary N) is 2. The first kappa shape index (κ1) is 14.9. The van der Waals surface area contributed by atoms with E-state index in [2.05, 4.69) is 9.46 Å². The maximum atomic E-state index is 11.5. The van der Waals surface area contributed by atoms with Crippen LogP contribution < -0.4 is 9.44 Å². The molecule has 1 aromatic rings. The van der Waals surface area contributed by atoms with Gasteiger partial charge >= 0.3 is 16.3 Å². The standard InChI is InChI=1S/C11H13N3O4S/c1-2-18-11(15)14-19(16,17)13-8-10-5-3-4-9(6-10)7-12/h3-6,13H,2,8H2,1H3,(H,14,15). The molecule has 8 heteroatoms. The van der Waals surface area contributed by atoms with Crippen molar-refractivity contribution in [3.63, 3.8) is 0 Å². The molecule has 0 aliphatic carbocycles. The predicted molar refractivity (Wildman–Crippen MR) is 67.1 cm³/mol. The van der Waals surface area contributed by atoms with Crippen LogP contribution in [0.3, 0.4) is 0 Å². The molecule has 0 radical (unpaired) electrons. The summed E-state index contributed by atoms with van der Waals surface area (Å²) in [6.07, 6.45) is -1.04. The molecular formula is C11H13N3O4S. The Labute approximate surface area is 111 Å². The van der Waals surface area contributed by atoms with Gasteiger partial charge in [0.05, 0.1) is 18.2 Å². The highest BCUT2D eigenvalue weighted by Gasteiger charge is 2.14. The van der Waals surface area contributed by atoms with Crippen LogP contribution in [0.5, 0.6) is 0 Å². The number of benzene rings is 1. The minimum atomic E-state index is -3.98. The number of amides is 1. The topological polar surface area (TPSA) is 108 Å². The minimum absolute atomic E-state index is 0.0374. The van der Waals surface area contributed by atoms with Crippen molar-refractivity contribution in [2.75, 3.05) is 6.61 Å². The molecule has 0 saturated carbocycles. The Morgan fingerprint density at radius 2 is 2.21 bits per heavy atom. The maximum absolute atomic E-state index is 11.5. The van der Waals surface area contributed by atoms with Crippen molar-refractivity contribution in [1.82, 2.24) is 9.44 Å². The van der Waals surface area contributed by atoms with Gasteiger partial charge in [0.1, 0.15) is 0 Å². The second kappa shape index (κ2) is 6.72. The molecule has 0 aliphatic heterocycles. The van der Waals surface area contributed by atoms with Crippen LogP contribution in [0.1, 0.15) is 18.1 Å². The SMILES string of the molecule is CCOC(=O)NS(=O)(=O)NCc1cccc(C#N)c1. The maximum Gasteiger partial charge on any atom is 0.421 e. The minimum Gasteiger partial charge on any atom is -0.449 e. The fourth-order valence-electron chi connectivity index (χ4n) is 1.24. The first-order valence-electron chi connectivity index (χ1n) is 5.40. The summed E-state index contributed by atoms with van der Waals surface area (Å²) in [6, 6.07) is 8.40. The molecule has 1 amide bonds. The van der Waals surface area contributed by atoms with E-state index >= 15 is 0 Å². The van der Waals surface area contributed by atoms with Crippen LogP contribution in [0.25, 0.3) is 0 Å². The molecule has 0 saturated heterocycles.